The molecule has 3 aromatic carbocycles. The van der Waals surface area contributed by atoms with E-state index in [0.29, 0.717) is 19.3 Å². The van der Waals surface area contributed by atoms with Gasteiger partial charge in [0.2, 0.25) is 10.0 Å². The third-order valence-electron chi connectivity index (χ3n) is 9.69. The number of aliphatic hydroxyl groups excluding tert-OH is 1. The minimum absolute atomic E-state index is 0.0916. The maximum absolute atomic E-state index is 13.0. The molecule has 0 saturated carbocycles. The molecule has 11 heteroatoms. The zero-order valence-electron chi connectivity index (χ0n) is 26.3. The highest BCUT2D eigenvalue weighted by atomic mass is 32.2. The minimum Gasteiger partial charge on any atom is -0.493 e. The summed E-state index contributed by atoms with van der Waals surface area (Å²) in [6.45, 7) is 3.02. The highest BCUT2D eigenvalue weighted by Crippen LogP contribution is 2.55. The molecule has 0 unspecified atom stereocenters. The van der Waals surface area contributed by atoms with Gasteiger partial charge in [0.1, 0.15) is 6.10 Å². The smallest absolute Gasteiger partial charge is 0.289 e. The maximum atomic E-state index is 13.0. The Hall–Kier alpha value is -3.77. The first-order valence-electron chi connectivity index (χ1n) is 15.9. The van der Waals surface area contributed by atoms with Gasteiger partial charge in [0.05, 0.1) is 23.6 Å². The van der Waals surface area contributed by atoms with Crippen LogP contribution in [0.4, 0.5) is 5.69 Å². The molecule has 0 radical (unpaired) electrons. The fraction of sp³-hybridized carbons (Fsp3) is 0.429. The topological polar surface area (TPSA) is 122 Å². The fourth-order valence-corrected chi connectivity index (χ4v) is 8.55. The van der Waals surface area contributed by atoms with Crippen LogP contribution in [0.5, 0.6) is 11.5 Å². The lowest BCUT2D eigenvalue weighted by molar-refractivity contribution is -0.387. The molecule has 3 aromatic rings. The lowest BCUT2D eigenvalue weighted by Gasteiger charge is -2.35. The van der Waals surface area contributed by atoms with E-state index >= 15 is 0 Å². The first-order chi connectivity index (χ1) is 22.1. The third kappa shape index (κ3) is 6.16. The van der Waals surface area contributed by atoms with E-state index in [1.807, 2.05) is 12.1 Å². The molecule has 0 saturated heterocycles. The Morgan fingerprint density at radius 1 is 1.09 bits per heavy atom. The second kappa shape index (κ2) is 13.2. The number of nitro groups is 1. The van der Waals surface area contributed by atoms with Gasteiger partial charge in [-0.1, -0.05) is 54.6 Å². The number of nitro benzene ring substituents is 1. The van der Waals surface area contributed by atoms with Gasteiger partial charge >= 0.3 is 0 Å². The van der Waals surface area contributed by atoms with E-state index in [4.69, 9.17) is 9.47 Å². The van der Waals surface area contributed by atoms with Crippen LogP contribution in [-0.2, 0) is 34.8 Å². The van der Waals surface area contributed by atoms with Crippen molar-refractivity contribution in [3.63, 3.8) is 0 Å². The lowest BCUT2D eigenvalue weighted by atomic mass is 9.69. The van der Waals surface area contributed by atoms with Crippen LogP contribution in [0.1, 0.15) is 47.9 Å². The van der Waals surface area contributed by atoms with Crippen LogP contribution in [0.2, 0.25) is 0 Å². The summed E-state index contributed by atoms with van der Waals surface area (Å²) in [7, 11) is -0.832. The van der Waals surface area contributed by atoms with Gasteiger partial charge in [-0.2, -0.15) is 0 Å². The number of para-hydroxylation sites is 1. The van der Waals surface area contributed by atoms with E-state index in [2.05, 4.69) is 41.3 Å². The van der Waals surface area contributed by atoms with E-state index in [9.17, 15) is 23.6 Å². The first kappa shape index (κ1) is 32.2. The molecule has 1 N–H and O–H groups in total. The summed E-state index contributed by atoms with van der Waals surface area (Å²) in [6, 6.07) is 18.1. The average molecular weight is 648 g/mol. The summed E-state index contributed by atoms with van der Waals surface area (Å²) in [5.41, 5.74) is 4.23. The van der Waals surface area contributed by atoms with Crippen molar-refractivity contribution in [2.45, 2.75) is 67.6 Å². The average Bonchev–Trinajstić information content (AvgIpc) is 3.29. The predicted molar refractivity (Wildman–Crippen MR) is 175 cm³/mol. The first-order valence-corrected chi connectivity index (χ1v) is 17.3. The molecule has 46 heavy (non-hydrogen) atoms. The van der Waals surface area contributed by atoms with Crippen LogP contribution in [-0.4, -0.2) is 73.7 Å². The molecule has 2 aliphatic heterocycles. The molecule has 3 aliphatic rings. The number of ether oxygens (including phenoxy) is 2. The van der Waals surface area contributed by atoms with E-state index in [-0.39, 0.29) is 23.0 Å². The number of rotatable bonds is 12. The van der Waals surface area contributed by atoms with E-state index in [1.165, 1.54) is 52.3 Å². The highest BCUT2D eigenvalue weighted by Gasteiger charge is 2.52. The summed E-state index contributed by atoms with van der Waals surface area (Å²) >= 11 is 0. The second-order valence-electron chi connectivity index (χ2n) is 12.5. The summed E-state index contributed by atoms with van der Waals surface area (Å²) in [5.74, 6) is 1.59. The zero-order valence-corrected chi connectivity index (χ0v) is 27.1. The molecule has 0 fully saturated rings. The SMILES string of the molecule is COc1ccc2c3c1O[C@@H]1C[C@H](O)C=C[C@]31CCN(CCCc1ccc(CCCN(C)S(=O)(=O)c3ccccc3[N+](=O)[O-])cc1)C2. The zero-order chi connectivity index (χ0) is 32.5. The van der Waals surface area contributed by atoms with Gasteiger partial charge in [-0.15, -0.1) is 0 Å². The second-order valence-corrected chi connectivity index (χ2v) is 14.6. The maximum Gasteiger partial charge on any atom is 0.289 e. The molecule has 1 aliphatic carbocycles. The third-order valence-corrected chi connectivity index (χ3v) is 11.6. The minimum atomic E-state index is -3.97. The van der Waals surface area contributed by atoms with E-state index < -0.39 is 26.7 Å². The largest absolute Gasteiger partial charge is 0.493 e. The van der Waals surface area contributed by atoms with Crippen LogP contribution in [0.3, 0.4) is 0 Å². The van der Waals surface area contributed by atoms with Crippen molar-refractivity contribution in [2.75, 3.05) is 33.8 Å². The molecular weight excluding hydrogens is 606 g/mol. The number of hydrogen-bond donors (Lipinski definition) is 1. The number of nitrogens with zero attached hydrogens (tertiary/aromatic N) is 3. The van der Waals surface area contributed by atoms with E-state index in [1.54, 1.807) is 7.11 Å². The number of hydrogen-bond acceptors (Lipinski definition) is 8. The van der Waals surface area contributed by atoms with Crippen LogP contribution in [0.15, 0.2) is 77.7 Å². The van der Waals surface area contributed by atoms with Gasteiger partial charge in [-0.25, -0.2) is 12.7 Å². The van der Waals surface area contributed by atoms with Gasteiger partial charge < -0.3 is 14.6 Å². The van der Waals surface area contributed by atoms with Crippen LogP contribution in [0.25, 0.3) is 0 Å². The Labute approximate surface area is 270 Å². The molecule has 2 heterocycles. The lowest BCUT2D eigenvalue weighted by Crippen LogP contribution is -2.43. The molecule has 0 amide bonds. The molecule has 3 atom stereocenters. The van der Waals surface area contributed by atoms with Crippen LogP contribution in [0, 0.1) is 10.1 Å². The normalized spacial score (nSPS) is 22.2. The summed E-state index contributed by atoms with van der Waals surface area (Å²) < 4.78 is 39.2. The van der Waals surface area contributed by atoms with Gasteiger partial charge in [0.15, 0.2) is 16.4 Å². The number of benzene rings is 3. The summed E-state index contributed by atoms with van der Waals surface area (Å²) in [4.78, 5) is 12.9. The Kier molecular flexibility index (Phi) is 9.20. The molecular formula is C35H41N3O7S. The van der Waals surface area contributed by atoms with Crippen LogP contribution < -0.4 is 9.47 Å². The Morgan fingerprint density at radius 3 is 2.52 bits per heavy atom. The monoisotopic (exact) mass is 647 g/mol. The molecule has 10 nitrogen and oxygen atoms in total. The van der Waals surface area contributed by atoms with Crippen molar-refractivity contribution in [2.24, 2.45) is 0 Å². The standard InChI is InChI=1S/C35H41N3O7S/c1-36(46(42,43)31-10-4-3-9-29(31)38(40)41)20-5-7-25-11-13-26(14-12-25)8-6-21-37-22-19-35-18-17-28(39)23-32(35)45-34-30(44-2)16-15-27(24-37)33(34)35/h3-4,9-18,28,32,39H,5-8,19-24H2,1-2H3/t28-,32-,35-/m1/s1. The van der Waals surface area contributed by atoms with Crippen molar-refractivity contribution in [3.8, 4) is 11.5 Å². The van der Waals surface area contributed by atoms with Crippen molar-refractivity contribution in [1.82, 2.24) is 9.21 Å². The van der Waals surface area contributed by atoms with Crippen molar-refractivity contribution in [3.05, 3.63) is 105 Å². The molecule has 0 bridgehead atoms. The predicted octanol–water partition coefficient (Wildman–Crippen LogP) is 5.01. The summed E-state index contributed by atoms with van der Waals surface area (Å²) in [5, 5.41) is 21.7. The van der Waals surface area contributed by atoms with Crippen molar-refractivity contribution < 1.29 is 27.9 Å². The quantitative estimate of drug-likeness (QED) is 0.165. The Balaban J connectivity index is 1.02. The van der Waals surface area contributed by atoms with Gasteiger partial charge in [0.25, 0.3) is 5.69 Å². The number of methoxy groups -OCH3 is 1. The number of aryl methyl sites for hydroxylation is 2. The molecule has 6 rings (SSSR count). The highest BCUT2D eigenvalue weighted by molar-refractivity contribution is 7.89. The van der Waals surface area contributed by atoms with Crippen LogP contribution >= 0.6 is 0 Å². The molecule has 1 spiro atoms. The van der Waals surface area contributed by atoms with Crippen molar-refractivity contribution >= 4 is 15.7 Å². The van der Waals surface area contributed by atoms with Gasteiger partial charge in [-0.3, -0.25) is 15.0 Å². The molecule has 0 aromatic heterocycles. The number of aliphatic hydroxyl groups is 1. The Morgan fingerprint density at radius 2 is 1.80 bits per heavy atom. The van der Waals surface area contributed by atoms with Gasteiger partial charge in [-0.05, 0) is 74.0 Å². The fourth-order valence-electron chi connectivity index (χ4n) is 7.18. The summed E-state index contributed by atoms with van der Waals surface area (Å²) in [6.07, 6.45) is 8.31. The van der Waals surface area contributed by atoms with E-state index in [0.717, 1.165) is 56.0 Å². The van der Waals surface area contributed by atoms with Crippen molar-refractivity contribution in [1.29, 1.82) is 0 Å². The molecule has 244 valence electrons. The Bertz CT molecular complexity index is 1730. The van der Waals surface area contributed by atoms with Gasteiger partial charge in [0, 0.05) is 38.2 Å². The number of sulfonamides is 1.